The van der Waals surface area contributed by atoms with Crippen molar-refractivity contribution in [2.24, 2.45) is 5.92 Å². The van der Waals surface area contributed by atoms with Crippen LogP contribution in [0.25, 0.3) is 0 Å². The van der Waals surface area contributed by atoms with Crippen LogP contribution in [0.4, 0.5) is 0 Å². The molecule has 2 aliphatic rings. The second kappa shape index (κ2) is 8.31. The van der Waals surface area contributed by atoms with Crippen LogP contribution in [0.15, 0.2) is 41.8 Å². The molecule has 27 heavy (non-hydrogen) atoms. The standard InChI is InChI=1S/C21H26N2O3S/c1-15-8-10-23(11-9-15)16(20-7-4-12-27-20)13-22-21(24)19-14-25-17-5-2-3-6-18(17)26-19/h2-7,12,15-16,19H,8-11,13-14H2,1H3,(H,22,24)/t16-,19+/m1/s1. The number of carbonyl (C=O) groups excluding carboxylic acids is 1. The Bertz CT molecular complexity index is 757. The molecule has 4 rings (SSSR count). The summed E-state index contributed by atoms with van der Waals surface area (Å²) in [4.78, 5) is 16.5. The highest BCUT2D eigenvalue weighted by molar-refractivity contribution is 7.10. The van der Waals surface area contributed by atoms with E-state index in [0.29, 0.717) is 18.0 Å². The van der Waals surface area contributed by atoms with E-state index in [1.807, 2.05) is 24.3 Å². The lowest BCUT2D eigenvalue weighted by Crippen LogP contribution is -2.47. The van der Waals surface area contributed by atoms with E-state index in [9.17, 15) is 4.79 Å². The van der Waals surface area contributed by atoms with Crippen LogP contribution < -0.4 is 14.8 Å². The molecule has 144 valence electrons. The van der Waals surface area contributed by atoms with Crippen molar-refractivity contribution in [2.45, 2.75) is 31.9 Å². The Morgan fingerprint density at radius 1 is 1.22 bits per heavy atom. The van der Waals surface area contributed by atoms with Gasteiger partial charge in [0, 0.05) is 11.4 Å². The summed E-state index contributed by atoms with van der Waals surface area (Å²) in [5.41, 5.74) is 0. The van der Waals surface area contributed by atoms with Gasteiger partial charge in [-0.25, -0.2) is 0 Å². The predicted molar refractivity (Wildman–Crippen MR) is 106 cm³/mol. The topological polar surface area (TPSA) is 50.8 Å². The van der Waals surface area contributed by atoms with Crippen molar-refractivity contribution in [3.05, 3.63) is 46.7 Å². The fraction of sp³-hybridized carbons (Fsp3) is 0.476. The molecule has 0 spiro atoms. The predicted octanol–water partition coefficient (Wildman–Crippen LogP) is 3.48. The Labute approximate surface area is 164 Å². The minimum atomic E-state index is -0.606. The maximum absolute atomic E-state index is 12.7. The Balaban J connectivity index is 1.38. The second-order valence-electron chi connectivity index (χ2n) is 7.36. The molecule has 1 aromatic carbocycles. The second-order valence-corrected chi connectivity index (χ2v) is 8.34. The van der Waals surface area contributed by atoms with Gasteiger partial charge in [0.15, 0.2) is 11.5 Å². The van der Waals surface area contributed by atoms with Crippen molar-refractivity contribution < 1.29 is 14.3 Å². The highest BCUT2D eigenvalue weighted by Crippen LogP contribution is 2.31. The molecule has 1 amide bonds. The summed E-state index contributed by atoms with van der Waals surface area (Å²) >= 11 is 1.75. The fourth-order valence-electron chi connectivity index (χ4n) is 3.69. The zero-order chi connectivity index (χ0) is 18.6. The fourth-order valence-corrected chi connectivity index (χ4v) is 4.55. The summed E-state index contributed by atoms with van der Waals surface area (Å²) in [5, 5.41) is 5.20. The highest BCUT2D eigenvalue weighted by Gasteiger charge is 2.30. The lowest BCUT2D eigenvalue weighted by Gasteiger charge is -2.36. The third-order valence-electron chi connectivity index (χ3n) is 5.40. The number of ether oxygens (including phenoxy) is 2. The van der Waals surface area contributed by atoms with Gasteiger partial charge < -0.3 is 14.8 Å². The molecule has 5 nitrogen and oxygen atoms in total. The number of amides is 1. The molecule has 0 radical (unpaired) electrons. The molecule has 0 aliphatic carbocycles. The number of piperidine rings is 1. The Kier molecular flexibility index (Phi) is 5.64. The first-order valence-electron chi connectivity index (χ1n) is 9.64. The van der Waals surface area contributed by atoms with Gasteiger partial charge >= 0.3 is 0 Å². The quantitative estimate of drug-likeness (QED) is 0.855. The van der Waals surface area contributed by atoms with Gasteiger partial charge in [-0.15, -0.1) is 11.3 Å². The summed E-state index contributed by atoms with van der Waals surface area (Å²) in [7, 11) is 0. The third-order valence-corrected chi connectivity index (χ3v) is 6.37. The molecule has 6 heteroatoms. The number of hydrogen-bond acceptors (Lipinski definition) is 5. The summed E-state index contributed by atoms with van der Waals surface area (Å²) in [6.07, 6.45) is 1.82. The van der Waals surface area contributed by atoms with E-state index in [4.69, 9.17) is 9.47 Å². The number of likely N-dealkylation sites (tertiary alicyclic amines) is 1. The first kappa shape index (κ1) is 18.3. The molecule has 2 aromatic rings. The third kappa shape index (κ3) is 4.28. The maximum atomic E-state index is 12.7. The summed E-state index contributed by atoms with van der Waals surface area (Å²) in [5.74, 6) is 1.99. The van der Waals surface area contributed by atoms with Gasteiger partial charge in [0.25, 0.3) is 5.91 Å². The number of hydrogen-bond donors (Lipinski definition) is 1. The van der Waals surface area contributed by atoms with Gasteiger partial charge in [-0.05, 0) is 55.4 Å². The number of carbonyl (C=O) groups is 1. The lowest BCUT2D eigenvalue weighted by molar-refractivity contribution is -0.130. The Morgan fingerprint density at radius 3 is 2.74 bits per heavy atom. The molecule has 3 heterocycles. The number of benzene rings is 1. The van der Waals surface area contributed by atoms with Crippen LogP contribution in [-0.2, 0) is 4.79 Å². The SMILES string of the molecule is CC1CCN([C@H](CNC(=O)[C@@H]2COc3ccccc3O2)c2cccs2)CC1. The molecular formula is C21H26N2O3S. The van der Waals surface area contributed by atoms with Crippen LogP contribution in [0.3, 0.4) is 0 Å². The Hall–Kier alpha value is -2.05. The molecule has 1 saturated heterocycles. The Morgan fingerprint density at radius 2 is 2.00 bits per heavy atom. The number of thiophene rings is 1. The number of para-hydroxylation sites is 2. The van der Waals surface area contributed by atoms with Crippen molar-refractivity contribution in [3.63, 3.8) is 0 Å². The van der Waals surface area contributed by atoms with Gasteiger partial charge in [-0.1, -0.05) is 25.1 Å². The van der Waals surface area contributed by atoms with Crippen molar-refractivity contribution in [2.75, 3.05) is 26.2 Å². The number of rotatable bonds is 5. The molecule has 0 bridgehead atoms. The molecule has 2 aliphatic heterocycles. The monoisotopic (exact) mass is 386 g/mol. The minimum absolute atomic E-state index is 0.114. The van der Waals surface area contributed by atoms with E-state index in [1.165, 1.54) is 17.7 Å². The van der Waals surface area contributed by atoms with Crippen molar-refractivity contribution in [1.29, 1.82) is 0 Å². The molecule has 0 unspecified atom stereocenters. The average molecular weight is 387 g/mol. The van der Waals surface area contributed by atoms with Crippen LogP contribution in [0.2, 0.25) is 0 Å². The molecule has 2 atom stereocenters. The number of nitrogens with zero attached hydrogens (tertiary/aromatic N) is 1. The van der Waals surface area contributed by atoms with Gasteiger partial charge in [0.2, 0.25) is 6.10 Å². The smallest absolute Gasteiger partial charge is 0.264 e. The van der Waals surface area contributed by atoms with Crippen LogP contribution in [0, 0.1) is 5.92 Å². The summed E-state index contributed by atoms with van der Waals surface area (Å²) < 4.78 is 11.5. The molecule has 1 N–H and O–H groups in total. The highest BCUT2D eigenvalue weighted by atomic mass is 32.1. The van der Waals surface area contributed by atoms with E-state index in [1.54, 1.807) is 11.3 Å². The van der Waals surface area contributed by atoms with E-state index >= 15 is 0 Å². The largest absolute Gasteiger partial charge is 0.485 e. The van der Waals surface area contributed by atoms with Gasteiger partial charge in [-0.3, -0.25) is 9.69 Å². The van der Waals surface area contributed by atoms with Crippen LogP contribution in [0.5, 0.6) is 11.5 Å². The van der Waals surface area contributed by atoms with Gasteiger partial charge in [0.1, 0.15) is 6.61 Å². The number of fused-ring (bicyclic) bond motifs is 1. The first-order valence-corrected chi connectivity index (χ1v) is 10.5. The van der Waals surface area contributed by atoms with Crippen molar-refractivity contribution in [3.8, 4) is 11.5 Å². The molecule has 1 aromatic heterocycles. The van der Waals surface area contributed by atoms with Crippen molar-refractivity contribution in [1.82, 2.24) is 10.2 Å². The minimum Gasteiger partial charge on any atom is -0.485 e. The first-order chi connectivity index (χ1) is 13.2. The summed E-state index contributed by atoms with van der Waals surface area (Å²) in [6, 6.07) is 11.9. The van der Waals surface area contributed by atoms with Crippen molar-refractivity contribution >= 4 is 17.2 Å². The lowest BCUT2D eigenvalue weighted by atomic mass is 9.97. The molecule has 0 saturated carbocycles. The van der Waals surface area contributed by atoms with E-state index < -0.39 is 6.10 Å². The summed E-state index contributed by atoms with van der Waals surface area (Å²) in [6.45, 7) is 5.31. The van der Waals surface area contributed by atoms with Gasteiger partial charge in [0.05, 0.1) is 6.04 Å². The normalized spacial score (nSPS) is 21.6. The maximum Gasteiger partial charge on any atom is 0.264 e. The number of nitrogens with one attached hydrogen (secondary N) is 1. The zero-order valence-electron chi connectivity index (χ0n) is 15.6. The van der Waals surface area contributed by atoms with Gasteiger partial charge in [-0.2, -0.15) is 0 Å². The average Bonchev–Trinajstić information content (AvgIpc) is 3.23. The van der Waals surface area contributed by atoms with E-state index in [0.717, 1.165) is 19.0 Å². The zero-order valence-corrected chi connectivity index (χ0v) is 16.4. The molecule has 1 fully saturated rings. The van der Waals surface area contributed by atoms with Crippen LogP contribution >= 0.6 is 11.3 Å². The van der Waals surface area contributed by atoms with Crippen LogP contribution in [-0.4, -0.2) is 43.2 Å². The van der Waals surface area contributed by atoms with E-state index in [2.05, 4.69) is 34.7 Å². The van der Waals surface area contributed by atoms with Crippen LogP contribution in [0.1, 0.15) is 30.7 Å². The van der Waals surface area contributed by atoms with E-state index in [-0.39, 0.29) is 18.6 Å². The molecular weight excluding hydrogens is 360 g/mol.